The van der Waals surface area contributed by atoms with Gasteiger partial charge in [0.15, 0.2) is 0 Å². The summed E-state index contributed by atoms with van der Waals surface area (Å²) in [6.45, 7) is 2.70. The minimum absolute atomic E-state index is 0.0513. The molecule has 0 amide bonds. The lowest BCUT2D eigenvalue weighted by Crippen LogP contribution is -2.50. The number of carboxylic acid groups (broad SMARTS) is 2. The van der Waals surface area contributed by atoms with Crippen molar-refractivity contribution in [2.45, 2.75) is 45.1 Å². The second-order valence-electron chi connectivity index (χ2n) is 5.41. The number of carboxylic acids is 2. The Morgan fingerprint density at radius 3 is 2.57 bits per heavy atom. The van der Waals surface area contributed by atoms with E-state index in [4.69, 9.17) is 10.2 Å². The van der Waals surface area contributed by atoms with Crippen LogP contribution >= 0.6 is 0 Å². The summed E-state index contributed by atoms with van der Waals surface area (Å²) in [5.74, 6) is -2.09. The van der Waals surface area contributed by atoms with Gasteiger partial charge < -0.3 is 10.2 Å². The Labute approximate surface area is 124 Å². The Hall–Kier alpha value is -1.19. The molecule has 8 nitrogen and oxygen atoms in total. The molecule has 0 saturated carbocycles. The third kappa shape index (κ3) is 5.98. The highest BCUT2D eigenvalue weighted by molar-refractivity contribution is 7.87. The highest BCUT2D eigenvalue weighted by Gasteiger charge is 2.31. The first-order valence-corrected chi connectivity index (χ1v) is 8.38. The van der Waals surface area contributed by atoms with Crippen molar-refractivity contribution < 1.29 is 28.2 Å². The highest BCUT2D eigenvalue weighted by atomic mass is 32.2. The fraction of sp³-hybridized carbons (Fsp3) is 0.833. The molecule has 9 heteroatoms. The monoisotopic (exact) mass is 322 g/mol. The van der Waals surface area contributed by atoms with Gasteiger partial charge in [0, 0.05) is 19.5 Å². The molecule has 0 aromatic heterocycles. The fourth-order valence-electron chi connectivity index (χ4n) is 2.31. The first kappa shape index (κ1) is 17.9. The standard InChI is InChI=1S/C12H22N2O6S/c1-9-4-3-7-14(8-9)21(19,20)13-10(12(17)18)5-2-6-11(15)16/h9-10,13H,2-8H2,1H3,(H,15,16)(H,17,18)/t9?,10-/m1/s1. The quantitative estimate of drug-likeness (QED) is 0.589. The fourth-order valence-corrected chi connectivity index (χ4v) is 3.86. The number of aliphatic carboxylic acids is 2. The summed E-state index contributed by atoms with van der Waals surface area (Å²) in [6, 6.07) is -1.30. The topological polar surface area (TPSA) is 124 Å². The normalized spacial score (nSPS) is 21.9. The minimum Gasteiger partial charge on any atom is -0.481 e. The van der Waals surface area contributed by atoms with Crippen molar-refractivity contribution in [2.75, 3.05) is 13.1 Å². The number of carbonyl (C=O) groups is 2. The van der Waals surface area contributed by atoms with E-state index in [1.165, 1.54) is 4.31 Å². The molecule has 1 aliphatic rings. The lowest BCUT2D eigenvalue weighted by molar-refractivity contribution is -0.140. The van der Waals surface area contributed by atoms with Gasteiger partial charge in [-0.05, 0) is 31.6 Å². The second kappa shape index (κ2) is 7.71. The minimum atomic E-state index is -3.86. The summed E-state index contributed by atoms with van der Waals surface area (Å²) >= 11 is 0. The van der Waals surface area contributed by atoms with Gasteiger partial charge in [-0.15, -0.1) is 0 Å². The summed E-state index contributed by atoms with van der Waals surface area (Å²) < 4.78 is 27.8. The summed E-state index contributed by atoms with van der Waals surface area (Å²) in [6.07, 6.45) is 1.56. The molecule has 1 unspecified atom stereocenters. The summed E-state index contributed by atoms with van der Waals surface area (Å²) in [4.78, 5) is 21.5. The van der Waals surface area contributed by atoms with Crippen molar-refractivity contribution in [3.05, 3.63) is 0 Å². The van der Waals surface area contributed by atoms with Gasteiger partial charge >= 0.3 is 11.9 Å². The van der Waals surface area contributed by atoms with Crippen LogP contribution in [-0.4, -0.2) is 54.0 Å². The SMILES string of the molecule is CC1CCCN(S(=O)(=O)N[C@H](CCCC(=O)O)C(=O)O)C1. The molecule has 1 rings (SSSR count). The smallest absolute Gasteiger partial charge is 0.321 e. The molecular formula is C12H22N2O6S. The Balaban J connectivity index is 2.63. The van der Waals surface area contributed by atoms with Crippen LogP contribution in [0, 0.1) is 5.92 Å². The maximum absolute atomic E-state index is 12.2. The van der Waals surface area contributed by atoms with E-state index < -0.39 is 28.2 Å². The van der Waals surface area contributed by atoms with E-state index in [1.54, 1.807) is 0 Å². The van der Waals surface area contributed by atoms with Crippen LogP contribution in [0.1, 0.15) is 39.0 Å². The van der Waals surface area contributed by atoms with E-state index in [0.717, 1.165) is 12.8 Å². The Kier molecular flexibility index (Phi) is 6.56. The van der Waals surface area contributed by atoms with Crippen molar-refractivity contribution >= 4 is 22.1 Å². The Morgan fingerprint density at radius 2 is 2.05 bits per heavy atom. The molecule has 0 aromatic rings. The van der Waals surface area contributed by atoms with E-state index >= 15 is 0 Å². The molecule has 2 atom stereocenters. The van der Waals surface area contributed by atoms with Crippen LogP contribution < -0.4 is 4.72 Å². The van der Waals surface area contributed by atoms with E-state index in [2.05, 4.69) is 4.72 Å². The zero-order valence-corrected chi connectivity index (χ0v) is 12.8. The predicted octanol–water partition coefficient (Wildman–Crippen LogP) is 0.261. The summed E-state index contributed by atoms with van der Waals surface area (Å²) in [5, 5.41) is 17.6. The van der Waals surface area contributed by atoms with Gasteiger partial charge in [0.2, 0.25) is 0 Å². The Bertz CT molecular complexity index is 478. The van der Waals surface area contributed by atoms with E-state index in [-0.39, 0.29) is 25.2 Å². The van der Waals surface area contributed by atoms with Gasteiger partial charge in [-0.25, -0.2) is 0 Å². The lowest BCUT2D eigenvalue weighted by Gasteiger charge is -2.31. The third-order valence-electron chi connectivity index (χ3n) is 3.43. The van der Waals surface area contributed by atoms with Crippen LogP contribution in [0.3, 0.4) is 0 Å². The van der Waals surface area contributed by atoms with Crippen LogP contribution in [0.25, 0.3) is 0 Å². The number of rotatable bonds is 8. The molecule has 0 spiro atoms. The van der Waals surface area contributed by atoms with Crippen LogP contribution in [0.2, 0.25) is 0 Å². The number of hydrogen-bond acceptors (Lipinski definition) is 4. The third-order valence-corrected chi connectivity index (χ3v) is 5.03. The van der Waals surface area contributed by atoms with Crippen LogP contribution in [-0.2, 0) is 19.8 Å². The average Bonchev–Trinajstić information content (AvgIpc) is 2.37. The van der Waals surface area contributed by atoms with Crippen molar-refractivity contribution in [1.29, 1.82) is 0 Å². The maximum Gasteiger partial charge on any atom is 0.321 e. The number of piperidine rings is 1. The number of hydrogen-bond donors (Lipinski definition) is 3. The van der Waals surface area contributed by atoms with E-state index in [0.29, 0.717) is 13.1 Å². The molecule has 0 bridgehead atoms. The van der Waals surface area contributed by atoms with Crippen molar-refractivity contribution in [3.63, 3.8) is 0 Å². The molecule has 1 aliphatic heterocycles. The van der Waals surface area contributed by atoms with Gasteiger partial charge in [0.1, 0.15) is 6.04 Å². The lowest BCUT2D eigenvalue weighted by atomic mass is 10.0. The molecule has 122 valence electrons. The number of nitrogens with one attached hydrogen (secondary N) is 1. The van der Waals surface area contributed by atoms with Crippen molar-refractivity contribution in [3.8, 4) is 0 Å². The Morgan fingerprint density at radius 1 is 1.38 bits per heavy atom. The molecule has 1 fully saturated rings. The largest absolute Gasteiger partial charge is 0.481 e. The van der Waals surface area contributed by atoms with E-state index in [1.807, 2.05) is 6.92 Å². The molecule has 0 aliphatic carbocycles. The number of nitrogens with zero attached hydrogens (tertiary/aromatic N) is 1. The van der Waals surface area contributed by atoms with E-state index in [9.17, 15) is 18.0 Å². The first-order valence-electron chi connectivity index (χ1n) is 6.94. The molecule has 0 aromatic carbocycles. The van der Waals surface area contributed by atoms with Gasteiger partial charge in [-0.3, -0.25) is 9.59 Å². The maximum atomic E-state index is 12.2. The van der Waals surface area contributed by atoms with Crippen LogP contribution in [0.5, 0.6) is 0 Å². The van der Waals surface area contributed by atoms with Crippen LogP contribution in [0.15, 0.2) is 0 Å². The molecule has 1 saturated heterocycles. The molecule has 3 N–H and O–H groups in total. The molecule has 0 radical (unpaired) electrons. The summed E-state index contributed by atoms with van der Waals surface area (Å²) in [5.41, 5.74) is 0. The van der Waals surface area contributed by atoms with Gasteiger partial charge in [-0.2, -0.15) is 17.4 Å². The van der Waals surface area contributed by atoms with Gasteiger partial charge in [-0.1, -0.05) is 6.92 Å². The average molecular weight is 322 g/mol. The van der Waals surface area contributed by atoms with Crippen molar-refractivity contribution in [2.24, 2.45) is 5.92 Å². The second-order valence-corrected chi connectivity index (χ2v) is 7.11. The van der Waals surface area contributed by atoms with Crippen LogP contribution in [0.4, 0.5) is 0 Å². The first-order chi connectivity index (χ1) is 9.72. The van der Waals surface area contributed by atoms with Crippen molar-refractivity contribution in [1.82, 2.24) is 9.03 Å². The molecule has 1 heterocycles. The van der Waals surface area contributed by atoms with Gasteiger partial charge in [0.05, 0.1) is 0 Å². The summed E-state index contributed by atoms with van der Waals surface area (Å²) in [7, 11) is -3.86. The molecule has 21 heavy (non-hydrogen) atoms. The zero-order valence-electron chi connectivity index (χ0n) is 12.0. The highest BCUT2D eigenvalue weighted by Crippen LogP contribution is 2.18. The molecular weight excluding hydrogens is 300 g/mol. The zero-order chi connectivity index (χ0) is 16.0. The van der Waals surface area contributed by atoms with Gasteiger partial charge in [0.25, 0.3) is 10.2 Å². The predicted molar refractivity (Wildman–Crippen MR) is 74.9 cm³/mol.